The van der Waals surface area contributed by atoms with Crippen molar-refractivity contribution in [2.75, 3.05) is 23.0 Å². The topological polar surface area (TPSA) is 0 Å². The van der Waals surface area contributed by atoms with Crippen molar-refractivity contribution in [3.8, 4) is 0 Å². The molecule has 0 amide bonds. The molecule has 0 aromatic rings. The number of rotatable bonds is 33. The molecule has 0 atom stereocenters. The third-order valence-electron chi connectivity index (χ3n) is 7.35. The fourth-order valence-electron chi connectivity index (χ4n) is 4.91. The van der Waals surface area contributed by atoms with Crippen LogP contribution in [0.25, 0.3) is 0 Å². The van der Waals surface area contributed by atoms with E-state index >= 15 is 0 Å². The van der Waals surface area contributed by atoms with Gasteiger partial charge in [0.05, 0.1) is 0 Å². The van der Waals surface area contributed by atoms with Crippen LogP contribution in [0.3, 0.4) is 0 Å². The Balaban J connectivity index is 3.00. The van der Waals surface area contributed by atoms with E-state index in [2.05, 4.69) is 46.8 Å². The summed E-state index contributed by atoms with van der Waals surface area (Å²) in [6.45, 7) is 0. The molecule has 0 N–H and O–H groups in total. The highest BCUT2D eigenvalue weighted by Gasteiger charge is 1.97. The Kier molecular flexibility index (Phi) is 37.8. The van der Waals surface area contributed by atoms with Crippen molar-refractivity contribution >= 4 is 46.8 Å². The molecule has 0 rings (SSSR count). The van der Waals surface area contributed by atoms with Crippen LogP contribution in [0, 0.1) is 0 Å². The van der Waals surface area contributed by atoms with E-state index in [0.29, 0.717) is 0 Å². The first kappa shape index (κ1) is 37.4. The summed E-state index contributed by atoms with van der Waals surface area (Å²) in [6.07, 6.45) is 40.4. The zero-order chi connectivity index (χ0) is 26.0. The quantitative estimate of drug-likeness (QED) is 0.0451. The SMILES string of the molecule is SCCCCCCCCCCCCCCCCSSCCCCCCCCCCCCCCCCS. The van der Waals surface area contributed by atoms with Crippen LogP contribution in [-0.4, -0.2) is 23.0 Å². The van der Waals surface area contributed by atoms with Crippen molar-refractivity contribution in [1.82, 2.24) is 0 Å². The Hall–Kier alpha value is 1.40. The molecule has 0 aliphatic carbocycles. The summed E-state index contributed by atoms with van der Waals surface area (Å²) in [4.78, 5) is 0. The zero-order valence-corrected chi connectivity index (χ0v) is 27.8. The van der Waals surface area contributed by atoms with Crippen LogP contribution in [0.1, 0.15) is 180 Å². The number of unbranched alkanes of at least 4 members (excludes halogenated alkanes) is 26. The van der Waals surface area contributed by atoms with Gasteiger partial charge in [0.1, 0.15) is 0 Å². The van der Waals surface area contributed by atoms with Gasteiger partial charge in [0.2, 0.25) is 0 Å². The Morgan fingerprint density at radius 2 is 0.389 bits per heavy atom. The van der Waals surface area contributed by atoms with Crippen molar-refractivity contribution < 1.29 is 0 Å². The highest BCUT2D eigenvalue weighted by Crippen LogP contribution is 2.25. The summed E-state index contributed by atoms with van der Waals surface area (Å²) in [5, 5.41) is 0. The van der Waals surface area contributed by atoms with Gasteiger partial charge in [-0.25, -0.2) is 0 Å². The fourth-order valence-corrected chi connectivity index (χ4v) is 7.65. The lowest BCUT2D eigenvalue weighted by atomic mass is 10.0. The summed E-state index contributed by atoms with van der Waals surface area (Å²) in [5.74, 6) is 4.87. The van der Waals surface area contributed by atoms with Crippen LogP contribution in [-0.2, 0) is 0 Å². The van der Waals surface area contributed by atoms with Crippen molar-refractivity contribution in [1.29, 1.82) is 0 Å². The molecule has 0 aromatic carbocycles. The summed E-state index contributed by atoms with van der Waals surface area (Å²) >= 11 is 8.56. The van der Waals surface area contributed by atoms with Gasteiger partial charge in [0, 0.05) is 11.5 Å². The number of hydrogen-bond donors (Lipinski definition) is 2. The molecule has 36 heavy (non-hydrogen) atoms. The Morgan fingerprint density at radius 1 is 0.222 bits per heavy atom. The van der Waals surface area contributed by atoms with E-state index in [0.717, 1.165) is 11.5 Å². The summed E-state index contributed by atoms with van der Waals surface area (Å²) in [7, 11) is 4.27. The molecule has 0 aliphatic rings. The molecule has 0 unspecified atom stereocenters. The molecule has 218 valence electrons. The molecule has 0 saturated heterocycles. The second kappa shape index (κ2) is 36.4. The minimum absolute atomic E-state index is 1.07. The number of hydrogen-bond acceptors (Lipinski definition) is 4. The summed E-state index contributed by atoms with van der Waals surface area (Å²) in [6, 6.07) is 0. The molecule has 0 saturated carbocycles. The van der Waals surface area contributed by atoms with E-state index in [9.17, 15) is 0 Å². The van der Waals surface area contributed by atoms with Crippen LogP contribution in [0.5, 0.6) is 0 Å². The Labute approximate surface area is 248 Å². The summed E-state index contributed by atoms with van der Waals surface area (Å²) < 4.78 is 0. The maximum absolute atomic E-state index is 4.28. The first-order chi connectivity index (χ1) is 17.9. The van der Waals surface area contributed by atoms with E-state index in [1.54, 1.807) is 0 Å². The van der Waals surface area contributed by atoms with Crippen molar-refractivity contribution in [2.24, 2.45) is 0 Å². The van der Waals surface area contributed by atoms with Crippen LogP contribution < -0.4 is 0 Å². The van der Waals surface area contributed by atoms with E-state index < -0.39 is 0 Å². The molecule has 0 nitrogen and oxygen atoms in total. The first-order valence-corrected chi connectivity index (χ1v) is 20.1. The van der Waals surface area contributed by atoms with E-state index in [-0.39, 0.29) is 0 Å². The maximum atomic E-state index is 4.28. The molecule has 0 heterocycles. The third kappa shape index (κ3) is 35.4. The fraction of sp³-hybridized carbons (Fsp3) is 1.00. The van der Waals surface area contributed by atoms with Crippen LogP contribution in [0.15, 0.2) is 0 Å². The standard InChI is InChI=1S/C32H66S4/c33-29-25-21-17-13-9-5-1-3-7-11-15-19-23-27-31-35-36-32-28-24-20-16-12-8-4-2-6-10-14-18-22-26-30-34/h33-34H,1-32H2. The van der Waals surface area contributed by atoms with Gasteiger partial charge in [0.25, 0.3) is 0 Å². The van der Waals surface area contributed by atoms with E-state index in [4.69, 9.17) is 0 Å². The molecule has 0 radical (unpaired) electrons. The van der Waals surface area contributed by atoms with Gasteiger partial charge >= 0.3 is 0 Å². The van der Waals surface area contributed by atoms with E-state index in [1.807, 2.05) is 0 Å². The predicted molar refractivity (Wildman–Crippen MR) is 182 cm³/mol. The molecule has 0 aliphatic heterocycles. The van der Waals surface area contributed by atoms with Gasteiger partial charge < -0.3 is 0 Å². The normalized spacial score (nSPS) is 11.5. The lowest BCUT2D eigenvalue weighted by Gasteiger charge is -2.04. The van der Waals surface area contributed by atoms with Crippen LogP contribution in [0.4, 0.5) is 0 Å². The van der Waals surface area contributed by atoms with E-state index in [1.165, 1.54) is 191 Å². The zero-order valence-electron chi connectivity index (χ0n) is 24.3. The van der Waals surface area contributed by atoms with Gasteiger partial charge in [0.15, 0.2) is 0 Å². The highest BCUT2D eigenvalue weighted by molar-refractivity contribution is 8.76. The second-order valence-corrected chi connectivity index (χ2v) is 14.6. The lowest BCUT2D eigenvalue weighted by molar-refractivity contribution is 0.539. The Morgan fingerprint density at radius 3 is 0.583 bits per heavy atom. The van der Waals surface area contributed by atoms with Gasteiger partial charge in [-0.05, 0) is 37.2 Å². The van der Waals surface area contributed by atoms with Gasteiger partial charge in [-0.2, -0.15) is 25.3 Å². The van der Waals surface area contributed by atoms with Gasteiger partial charge in [-0.1, -0.05) is 176 Å². The van der Waals surface area contributed by atoms with Crippen LogP contribution >= 0.6 is 46.8 Å². The van der Waals surface area contributed by atoms with Crippen molar-refractivity contribution in [2.45, 2.75) is 180 Å². The Bertz CT molecular complexity index is 330. The number of thiol groups is 2. The summed E-state index contributed by atoms with van der Waals surface area (Å²) in [5.41, 5.74) is 0. The molecule has 0 fully saturated rings. The van der Waals surface area contributed by atoms with Crippen molar-refractivity contribution in [3.05, 3.63) is 0 Å². The third-order valence-corrected chi connectivity index (χ3v) is 10.6. The van der Waals surface area contributed by atoms with Crippen LogP contribution in [0.2, 0.25) is 0 Å². The molecule has 4 heteroatoms. The molecule has 0 bridgehead atoms. The highest BCUT2D eigenvalue weighted by atomic mass is 33.1. The van der Waals surface area contributed by atoms with Gasteiger partial charge in [-0.3, -0.25) is 0 Å². The molecular weight excluding hydrogens is 513 g/mol. The first-order valence-electron chi connectivity index (χ1n) is 16.4. The molecular formula is C32H66S4. The van der Waals surface area contributed by atoms with Crippen molar-refractivity contribution in [3.63, 3.8) is 0 Å². The monoisotopic (exact) mass is 578 g/mol. The van der Waals surface area contributed by atoms with Gasteiger partial charge in [-0.15, -0.1) is 0 Å². The second-order valence-electron chi connectivity index (χ2n) is 11.0. The smallest absolute Gasteiger partial charge is 0.00369 e. The molecule has 0 spiro atoms. The maximum Gasteiger partial charge on any atom is 0.00369 e. The molecule has 0 aromatic heterocycles. The average molecular weight is 579 g/mol. The predicted octanol–water partition coefficient (Wildman–Crippen LogP) is 13.2. The lowest BCUT2D eigenvalue weighted by Crippen LogP contribution is -1.85. The largest absolute Gasteiger partial charge is 0.179 e. The minimum atomic E-state index is 1.07. The minimum Gasteiger partial charge on any atom is -0.179 e. The average Bonchev–Trinajstić information content (AvgIpc) is 2.89.